The average Bonchev–Trinajstić information content (AvgIpc) is 3.44. The SMILES string of the molecule is O=C(CSc1nnnn1-c1cccc(F)c1)N1CCCC(c2nc3ccccc3s2)C1. The fourth-order valence-corrected chi connectivity index (χ4v) is 5.61. The van der Waals surface area contributed by atoms with Crippen LogP contribution in [0.3, 0.4) is 0 Å². The van der Waals surface area contributed by atoms with Crippen molar-refractivity contribution in [1.82, 2.24) is 30.1 Å². The number of thioether (sulfide) groups is 1. The zero-order chi connectivity index (χ0) is 21.2. The Bertz CT molecular complexity index is 1190. The molecular weight excluding hydrogens is 435 g/mol. The summed E-state index contributed by atoms with van der Waals surface area (Å²) < 4.78 is 16.2. The predicted molar refractivity (Wildman–Crippen MR) is 118 cm³/mol. The first-order valence-electron chi connectivity index (χ1n) is 9.98. The van der Waals surface area contributed by atoms with Crippen LogP contribution in [0.5, 0.6) is 0 Å². The number of halogens is 1. The standard InChI is InChI=1S/C21H19FN6OS2/c22-15-6-3-7-16(11-15)28-21(24-25-26-28)30-13-19(29)27-10-4-5-14(12-27)20-23-17-8-1-2-9-18(17)31-20/h1-3,6-9,11,14H,4-5,10,12-13H2. The topological polar surface area (TPSA) is 76.8 Å². The molecule has 2 aromatic carbocycles. The highest BCUT2D eigenvalue weighted by Crippen LogP contribution is 2.33. The fourth-order valence-electron chi connectivity index (χ4n) is 3.73. The highest BCUT2D eigenvalue weighted by molar-refractivity contribution is 7.99. The molecule has 0 bridgehead atoms. The van der Waals surface area contributed by atoms with Gasteiger partial charge in [0.25, 0.3) is 0 Å². The second-order valence-corrected chi connectivity index (χ2v) is 9.35. The first kappa shape index (κ1) is 20.1. The van der Waals surface area contributed by atoms with Gasteiger partial charge >= 0.3 is 0 Å². The zero-order valence-corrected chi connectivity index (χ0v) is 18.2. The monoisotopic (exact) mass is 454 g/mol. The Morgan fingerprint density at radius 2 is 2.13 bits per heavy atom. The molecule has 1 aliphatic heterocycles. The fraction of sp³-hybridized carbons (Fsp3) is 0.286. The number of rotatable bonds is 5. The van der Waals surface area contributed by atoms with Crippen LogP contribution in [0.15, 0.2) is 53.7 Å². The summed E-state index contributed by atoms with van der Waals surface area (Å²) >= 11 is 2.97. The van der Waals surface area contributed by atoms with E-state index < -0.39 is 0 Å². The number of thiazole rings is 1. The molecule has 7 nitrogen and oxygen atoms in total. The molecule has 4 aromatic rings. The van der Waals surface area contributed by atoms with Crippen molar-refractivity contribution in [1.29, 1.82) is 0 Å². The Morgan fingerprint density at radius 1 is 1.23 bits per heavy atom. The normalized spacial score (nSPS) is 16.7. The number of tetrazole rings is 1. The van der Waals surface area contributed by atoms with Crippen molar-refractivity contribution in [3.8, 4) is 5.69 Å². The molecule has 0 aliphatic carbocycles. The molecule has 0 saturated carbocycles. The lowest BCUT2D eigenvalue weighted by atomic mass is 9.99. The van der Waals surface area contributed by atoms with E-state index in [1.807, 2.05) is 23.1 Å². The van der Waals surface area contributed by atoms with Gasteiger partial charge in [0.2, 0.25) is 11.1 Å². The number of nitrogens with zero attached hydrogens (tertiary/aromatic N) is 6. The van der Waals surface area contributed by atoms with Crippen LogP contribution in [0.1, 0.15) is 23.8 Å². The largest absolute Gasteiger partial charge is 0.341 e. The van der Waals surface area contributed by atoms with Gasteiger partial charge in [0.05, 0.1) is 26.7 Å². The van der Waals surface area contributed by atoms with Gasteiger partial charge in [-0.2, -0.15) is 4.68 Å². The summed E-state index contributed by atoms with van der Waals surface area (Å²) in [6, 6.07) is 14.2. The van der Waals surface area contributed by atoms with Gasteiger partial charge in [-0.15, -0.1) is 16.4 Å². The number of benzene rings is 2. The maximum absolute atomic E-state index is 13.5. The number of para-hydroxylation sites is 1. The lowest BCUT2D eigenvalue weighted by Gasteiger charge is -2.31. The highest BCUT2D eigenvalue weighted by Gasteiger charge is 2.27. The molecule has 0 radical (unpaired) electrons. The number of piperidine rings is 1. The lowest BCUT2D eigenvalue weighted by molar-refractivity contribution is -0.129. The Kier molecular flexibility index (Phi) is 5.65. The molecule has 3 heterocycles. The summed E-state index contributed by atoms with van der Waals surface area (Å²) in [7, 11) is 0. The van der Waals surface area contributed by atoms with Crippen LogP contribution in [-0.4, -0.2) is 54.8 Å². The van der Waals surface area contributed by atoms with Crippen LogP contribution in [0.2, 0.25) is 0 Å². The molecular formula is C21H19FN6OS2. The van der Waals surface area contributed by atoms with Crippen molar-refractivity contribution in [2.24, 2.45) is 0 Å². The van der Waals surface area contributed by atoms with Gasteiger partial charge in [-0.05, 0) is 53.6 Å². The van der Waals surface area contributed by atoms with Crippen LogP contribution in [-0.2, 0) is 4.79 Å². The van der Waals surface area contributed by atoms with Gasteiger partial charge in [-0.3, -0.25) is 4.79 Å². The molecule has 31 heavy (non-hydrogen) atoms. The maximum Gasteiger partial charge on any atom is 0.233 e. The molecule has 1 aliphatic rings. The second-order valence-electron chi connectivity index (χ2n) is 7.34. The number of likely N-dealkylation sites (tertiary alicyclic amines) is 1. The van der Waals surface area contributed by atoms with E-state index in [2.05, 4.69) is 21.6 Å². The van der Waals surface area contributed by atoms with E-state index in [0.29, 0.717) is 17.4 Å². The molecule has 1 saturated heterocycles. The molecule has 1 fully saturated rings. The van der Waals surface area contributed by atoms with Crippen molar-refractivity contribution in [3.63, 3.8) is 0 Å². The third-order valence-corrected chi connectivity index (χ3v) is 7.36. The summed E-state index contributed by atoms with van der Waals surface area (Å²) in [5, 5.41) is 13.2. The number of carbonyl (C=O) groups excluding carboxylic acids is 1. The molecule has 0 spiro atoms. The zero-order valence-electron chi connectivity index (χ0n) is 16.5. The van der Waals surface area contributed by atoms with Gasteiger partial charge in [0.15, 0.2) is 0 Å². The predicted octanol–water partition coefficient (Wildman–Crippen LogP) is 3.91. The molecule has 5 rings (SSSR count). The van der Waals surface area contributed by atoms with E-state index >= 15 is 0 Å². The number of fused-ring (bicyclic) bond motifs is 1. The minimum Gasteiger partial charge on any atom is -0.341 e. The van der Waals surface area contributed by atoms with Crippen LogP contribution in [0.25, 0.3) is 15.9 Å². The molecule has 1 atom stereocenters. The van der Waals surface area contributed by atoms with Crippen molar-refractivity contribution < 1.29 is 9.18 Å². The molecule has 1 amide bonds. The lowest BCUT2D eigenvalue weighted by Crippen LogP contribution is -2.40. The highest BCUT2D eigenvalue weighted by atomic mass is 32.2. The molecule has 2 aromatic heterocycles. The van der Waals surface area contributed by atoms with Gasteiger partial charge in [0, 0.05) is 19.0 Å². The first-order chi connectivity index (χ1) is 15.2. The molecule has 10 heteroatoms. The summed E-state index contributed by atoms with van der Waals surface area (Å²) in [5.74, 6) is 0.166. The summed E-state index contributed by atoms with van der Waals surface area (Å²) in [4.78, 5) is 19.6. The van der Waals surface area contributed by atoms with Crippen molar-refractivity contribution in [2.75, 3.05) is 18.8 Å². The minimum atomic E-state index is -0.366. The van der Waals surface area contributed by atoms with Crippen molar-refractivity contribution in [2.45, 2.75) is 23.9 Å². The Labute approximate surface area is 186 Å². The summed E-state index contributed by atoms with van der Waals surface area (Å²) in [5.41, 5.74) is 1.54. The number of hydrogen-bond acceptors (Lipinski definition) is 7. The molecule has 1 unspecified atom stereocenters. The second kappa shape index (κ2) is 8.72. The number of carbonyl (C=O) groups is 1. The van der Waals surface area contributed by atoms with Crippen LogP contribution in [0.4, 0.5) is 4.39 Å². The summed E-state index contributed by atoms with van der Waals surface area (Å²) in [6.07, 6.45) is 1.99. The Morgan fingerprint density at radius 3 is 3.00 bits per heavy atom. The Balaban J connectivity index is 1.24. The van der Waals surface area contributed by atoms with Crippen molar-refractivity contribution >= 4 is 39.2 Å². The van der Waals surface area contributed by atoms with Gasteiger partial charge in [-0.1, -0.05) is 30.0 Å². The van der Waals surface area contributed by atoms with Gasteiger partial charge in [0.1, 0.15) is 5.82 Å². The van der Waals surface area contributed by atoms with E-state index in [0.717, 1.165) is 29.9 Å². The van der Waals surface area contributed by atoms with E-state index in [-0.39, 0.29) is 23.4 Å². The molecule has 158 valence electrons. The smallest absolute Gasteiger partial charge is 0.233 e. The summed E-state index contributed by atoms with van der Waals surface area (Å²) in [6.45, 7) is 1.42. The van der Waals surface area contributed by atoms with Crippen LogP contribution < -0.4 is 0 Å². The quantitative estimate of drug-likeness (QED) is 0.426. The Hall–Kier alpha value is -2.85. The van der Waals surface area contributed by atoms with Crippen LogP contribution in [0, 0.1) is 5.82 Å². The van der Waals surface area contributed by atoms with E-state index in [9.17, 15) is 9.18 Å². The minimum absolute atomic E-state index is 0.0459. The molecule has 0 N–H and O–H groups in total. The third kappa shape index (κ3) is 4.31. The number of aromatic nitrogens is 5. The van der Waals surface area contributed by atoms with Crippen LogP contribution >= 0.6 is 23.1 Å². The number of hydrogen-bond donors (Lipinski definition) is 0. The third-order valence-electron chi connectivity index (χ3n) is 5.25. The van der Waals surface area contributed by atoms with Gasteiger partial charge < -0.3 is 4.90 Å². The number of amides is 1. The maximum atomic E-state index is 13.5. The van der Waals surface area contributed by atoms with E-state index in [1.165, 1.54) is 33.3 Å². The van der Waals surface area contributed by atoms with E-state index in [1.54, 1.807) is 23.5 Å². The van der Waals surface area contributed by atoms with Gasteiger partial charge in [-0.25, -0.2) is 9.37 Å². The van der Waals surface area contributed by atoms with E-state index in [4.69, 9.17) is 4.98 Å². The average molecular weight is 455 g/mol. The van der Waals surface area contributed by atoms with Crippen molar-refractivity contribution in [3.05, 3.63) is 59.4 Å². The first-order valence-corrected chi connectivity index (χ1v) is 11.8.